The van der Waals surface area contributed by atoms with E-state index in [2.05, 4.69) is 15.6 Å². The van der Waals surface area contributed by atoms with E-state index in [0.29, 0.717) is 35.1 Å². The number of hydrogen-bond donors (Lipinski definition) is 1. The van der Waals surface area contributed by atoms with E-state index < -0.39 is 0 Å². The molecule has 0 spiro atoms. The highest BCUT2D eigenvalue weighted by Gasteiger charge is 2.26. The Kier molecular flexibility index (Phi) is 5.52. The summed E-state index contributed by atoms with van der Waals surface area (Å²) in [6, 6.07) is 4.50. The number of ether oxygens (including phenoxy) is 2. The van der Waals surface area contributed by atoms with Crippen molar-refractivity contribution in [3.63, 3.8) is 0 Å². The molecule has 1 N–H and O–H groups in total. The van der Waals surface area contributed by atoms with E-state index in [9.17, 15) is 4.79 Å². The first-order chi connectivity index (χ1) is 14.7. The van der Waals surface area contributed by atoms with Crippen molar-refractivity contribution in [1.29, 1.82) is 0 Å². The standard InChI is InChI=1S/C21H26ClN5O3/c22-17-10-20-19(29-13-30-20)9-14(17)11-23-15-3-5-16(6-4-15)27-12-18(24-25-27)21(28)26-7-1-2-8-26/h9-10,12,15-16,23H,1-8,11,13H2. The van der Waals surface area contributed by atoms with E-state index in [0.717, 1.165) is 62.9 Å². The van der Waals surface area contributed by atoms with Gasteiger partial charge in [-0.1, -0.05) is 16.8 Å². The molecular formula is C21H26ClN5O3. The maximum absolute atomic E-state index is 12.5. The number of hydrogen-bond acceptors (Lipinski definition) is 6. The quantitative estimate of drug-likeness (QED) is 0.783. The van der Waals surface area contributed by atoms with Crippen molar-refractivity contribution in [2.24, 2.45) is 0 Å². The molecule has 160 valence electrons. The monoisotopic (exact) mass is 431 g/mol. The summed E-state index contributed by atoms with van der Waals surface area (Å²) in [7, 11) is 0. The Morgan fingerprint density at radius 3 is 2.63 bits per heavy atom. The molecule has 5 rings (SSSR count). The number of benzene rings is 1. The molecule has 8 nitrogen and oxygen atoms in total. The second kappa shape index (κ2) is 8.43. The van der Waals surface area contributed by atoms with Crippen molar-refractivity contribution >= 4 is 17.5 Å². The third-order valence-electron chi connectivity index (χ3n) is 6.32. The van der Waals surface area contributed by atoms with Crippen molar-refractivity contribution in [2.45, 2.75) is 57.2 Å². The van der Waals surface area contributed by atoms with E-state index in [4.69, 9.17) is 21.1 Å². The highest BCUT2D eigenvalue weighted by molar-refractivity contribution is 6.31. The topological polar surface area (TPSA) is 81.5 Å². The van der Waals surface area contributed by atoms with Crippen LogP contribution >= 0.6 is 11.6 Å². The van der Waals surface area contributed by atoms with Crippen LogP contribution in [-0.2, 0) is 6.54 Å². The molecule has 3 heterocycles. The molecule has 2 aromatic rings. The predicted molar refractivity (Wildman–Crippen MR) is 111 cm³/mol. The molecule has 0 bridgehead atoms. The SMILES string of the molecule is O=C(c1cn(C2CCC(NCc3cc4c(cc3Cl)OCO4)CC2)nn1)N1CCCC1. The van der Waals surface area contributed by atoms with Gasteiger partial charge in [-0.3, -0.25) is 4.79 Å². The van der Waals surface area contributed by atoms with Crippen molar-refractivity contribution in [3.05, 3.63) is 34.6 Å². The first-order valence-electron chi connectivity index (χ1n) is 10.7. The number of amides is 1. The van der Waals surface area contributed by atoms with Crippen LogP contribution in [-0.4, -0.2) is 51.7 Å². The van der Waals surface area contributed by atoms with E-state index >= 15 is 0 Å². The number of halogens is 1. The van der Waals surface area contributed by atoms with Crippen LogP contribution in [0, 0.1) is 0 Å². The summed E-state index contributed by atoms with van der Waals surface area (Å²) >= 11 is 6.38. The molecule has 2 aliphatic heterocycles. The van der Waals surface area contributed by atoms with Gasteiger partial charge in [0.15, 0.2) is 17.2 Å². The number of nitrogens with zero attached hydrogens (tertiary/aromatic N) is 4. The number of aromatic nitrogens is 3. The number of carbonyl (C=O) groups excluding carboxylic acids is 1. The lowest BCUT2D eigenvalue weighted by atomic mass is 9.91. The molecule has 3 aliphatic rings. The Morgan fingerprint density at radius 2 is 1.87 bits per heavy atom. The fourth-order valence-electron chi connectivity index (χ4n) is 4.53. The molecule has 0 unspecified atom stereocenters. The van der Waals surface area contributed by atoms with Crippen LogP contribution in [0.5, 0.6) is 11.5 Å². The molecule has 1 aromatic carbocycles. The van der Waals surface area contributed by atoms with E-state index in [1.165, 1.54) is 0 Å². The number of carbonyl (C=O) groups is 1. The normalized spacial score (nSPS) is 23.2. The van der Waals surface area contributed by atoms with Gasteiger partial charge in [0.05, 0.1) is 12.2 Å². The van der Waals surface area contributed by atoms with Gasteiger partial charge in [0, 0.05) is 36.8 Å². The average molecular weight is 432 g/mol. The zero-order chi connectivity index (χ0) is 20.5. The number of rotatable bonds is 5. The maximum atomic E-state index is 12.5. The second-order valence-electron chi connectivity index (χ2n) is 8.27. The summed E-state index contributed by atoms with van der Waals surface area (Å²) in [4.78, 5) is 14.4. The Bertz CT molecular complexity index is 919. The minimum absolute atomic E-state index is 0.00899. The van der Waals surface area contributed by atoms with Gasteiger partial charge in [-0.15, -0.1) is 5.10 Å². The summed E-state index contributed by atoms with van der Waals surface area (Å²) in [6.07, 6.45) is 8.08. The largest absolute Gasteiger partial charge is 0.454 e. The number of fused-ring (bicyclic) bond motifs is 1. The van der Waals surface area contributed by atoms with E-state index in [1.807, 2.05) is 27.9 Å². The Hall–Kier alpha value is -2.32. The molecule has 30 heavy (non-hydrogen) atoms. The van der Waals surface area contributed by atoms with Gasteiger partial charge in [-0.05, 0) is 50.2 Å². The van der Waals surface area contributed by atoms with E-state index in [-0.39, 0.29) is 12.7 Å². The third-order valence-corrected chi connectivity index (χ3v) is 6.67. The minimum Gasteiger partial charge on any atom is -0.454 e. The van der Waals surface area contributed by atoms with Crippen LogP contribution in [0.4, 0.5) is 0 Å². The summed E-state index contributed by atoms with van der Waals surface area (Å²) in [5.41, 5.74) is 1.49. The molecular weight excluding hydrogens is 406 g/mol. The molecule has 0 radical (unpaired) electrons. The van der Waals surface area contributed by atoms with Gasteiger partial charge in [-0.2, -0.15) is 0 Å². The minimum atomic E-state index is 0.00899. The van der Waals surface area contributed by atoms with Crippen LogP contribution in [0.3, 0.4) is 0 Å². The highest BCUT2D eigenvalue weighted by atomic mass is 35.5. The molecule has 1 saturated carbocycles. The Morgan fingerprint density at radius 1 is 1.13 bits per heavy atom. The number of likely N-dealkylation sites (tertiary alicyclic amines) is 1. The van der Waals surface area contributed by atoms with Gasteiger partial charge in [-0.25, -0.2) is 4.68 Å². The molecule has 0 atom stereocenters. The predicted octanol–water partition coefficient (Wildman–Crippen LogP) is 3.17. The fourth-order valence-corrected chi connectivity index (χ4v) is 4.75. The van der Waals surface area contributed by atoms with Crippen molar-refractivity contribution < 1.29 is 14.3 Å². The van der Waals surface area contributed by atoms with Crippen LogP contribution in [0.1, 0.15) is 60.6 Å². The summed E-state index contributed by atoms with van der Waals surface area (Å²) in [5.74, 6) is 1.47. The van der Waals surface area contributed by atoms with Gasteiger partial charge in [0.1, 0.15) is 0 Å². The molecule has 9 heteroatoms. The van der Waals surface area contributed by atoms with Gasteiger partial charge >= 0.3 is 0 Å². The van der Waals surface area contributed by atoms with Gasteiger partial charge < -0.3 is 19.7 Å². The van der Waals surface area contributed by atoms with Crippen molar-refractivity contribution in [3.8, 4) is 11.5 Å². The van der Waals surface area contributed by atoms with Crippen LogP contribution < -0.4 is 14.8 Å². The number of nitrogens with one attached hydrogen (secondary N) is 1. The van der Waals surface area contributed by atoms with Crippen LogP contribution in [0.25, 0.3) is 0 Å². The molecule has 2 fully saturated rings. The lowest BCUT2D eigenvalue weighted by molar-refractivity contribution is 0.0787. The summed E-state index contributed by atoms with van der Waals surface area (Å²) < 4.78 is 12.7. The lowest BCUT2D eigenvalue weighted by Crippen LogP contribution is -2.33. The zero-order valence-electron chi connectivity index (χ0n) is 16.8. The Labute approximate surface area is 180 Å². The zero-order valence-corrected chi connectivity index (χ0v) is 17.6. The van der Waals surface area contributed by atoms with Crippen molar-refractivity contribution in [1.82, 2.24) is 25.2 Å². The highest BCUT2D eigenvalue weighted by Crippen LogP contribution is 2.37. The maximum Gasteiger partial charge on any atom is 0.276 e. The fraction of sp³-hybridized carbons (Fsp3) is 0.571. The average Bonchev–Trinajstić information content (AvgIpc) is 3.53. The van der Waals surface area contributed by atoms with E-state index in [1.54, 1.807) is 0 Å². The van der Waals surface area contributed by atoms with Crippen LogP contribution in [0.2, 0.25) is 5.02 Å². The summed E-state index contributed by atoms with van der Waals surface area (Å²) in [6.45, 7) is 2.61. The Balaban J connectivity index is 1.13. The molecule has 1 saturated heterocycles. The second-order valence-corrected chi connectivity index (χ2v) is 8.67. The van der Waals surface area contributed by atoms with Gasteiger partial charge in [0.2, 0.25) is 6.79 Å². The molecule has 1 aromatic heterocycles. The van der Waals surface area contributed by atoms with Crippen molar-refractivity contribution in [2.75, 3.05) is 19.9 Å². The smallest absolute Gasteiger partial charge is 0.276 e. The molecule has 1 aliphatic carbocycles. The lowest BCUT2D eigenvalue weighted by Gasteiger charge is -2.29. The molecule has 1 amide bonds. The van der Waals surface area contributed by atoms with Crippen LogP contribution in [0.15, 0.2) is 18.3 Å². The summed E-state index contributed by atoms with van der Waals surface area (Å²) in [5, 5.41) is 12.7. The first-order valence-corrected chi connectivity index (χ1v) is 11.1. The first kappa shape index (κ1) is 19.6. The van der Waals surface area contributed by atoms with Gasteiger partial charge in [0.25, 0.3) is 5.91 Å². The third kappa shape index (κ3) is 3.98.